The van der Waals surface area contributed by atoms with E-state index in [1.54, 1.807) is 0 Å². The monoisotopic (exact) mass is 160 g/mol. The number of nitrogens with one attached hydrogen (secondary N) is 1. The molecule has 12 heavy (non-hydrogen) atoms. The zero-order valence-corrected chi connectivity index (χ0v) is 6.45. The maximum absolute atomic E-state index is 10.6. The van der Waals surface area contributed by atoms with Gasteiger partial charge in [-0.05, 0) is 6.07 Å². The van der Waals surface area contributed by atoms with Gasteiger partial charge in [0.1, 0.15) is 6.67 Å². The van der Waals surface area contributed by atoms with Crippen LogP contribution >= 0.6 is 0 Å². The van der Waals surface area contributed by atoms with Gasteiger partial charge in [0.25, 0.3) is 0 Å². The summed E-state index contributed by atoms with van der Waals surface area (Å²) in [5.41, 5.74) is 0.626. The molecular weight excluding hydrogens is 152 g/mol. The van der Waals surface area contributed by atoms with Gasteiger partial charge in [0.05, 0.1) is 11.1 Å². The molecule has 2 rings (SSSR count). The first kappa shape index (κ1) is 7.03. The third-order valence-corrected chi connectivity index (χ3v) is 1.83. The molecule has 0 bridgehead atoms. The van der Waals surface area contributed by atoms with Gasteiger partial charge in [-0.2, -0.15) is 0 Å². The van der Waals surface area contributed by atoms with Crippen molar-refractivity contribution in [3.05, 3.63) is 34.8 Å². The van der Waals surface area contributed by atoms with Crippen molar-refractivity contribution in [2.24, 2.45) is 4.99 Å². The average molecular weight is 160 g/mol. The summed E-state index contributed by atoms with van der Waals surface area (Å²) in [6.07, 6.45) is 0.827. The van der Waals surface area contributed by atoms with Crippen LogP contribution in [0.15, 0.2) is 29.3 Å². The van der Waals surface area contributed by atoms with E-state index in [-0.39, 0.29) is 0 Å². The molecule has 0 amide bonds. The number of carbonyl (C=O) groups is 1. The third kappa shape index (κ3) is 0.993. The molecule has 0 spiro atoms. The summed E-state index contributed by atoms with van der Waals surface area (Å²) >= 11 is 0. The Bertz CT molecular complexity index is 422. The van der Waals surface area contributed by atoms with Gasteiger partial charge in [0.2, 0.25) is 0 Å². The SMILES string of the molecule is O=CC1=c2ccccc2=NCN1. The standard InChI is InChI=1S/C9H8N2O/c12-5-9-7-3-1-2-4-8(7)10-6-11-9/h1-5,11H,6H2. The molecule has 3 heteroatoms. The predicted octanol–water partition coefficient (Wildman–Crippen LogP) is -0.826. The number of benzene rings is 1. The molecule has 0 fully saturated rings. The third-order valence-electron chi connectivity index (χ3n) is 1.83. The largest absolute Gasteiger partial charge is 0.363 e. The minimum absolute atomic E-state index is 0.491. The van der Waals surface area contributed by atoms with Crippen LogP contribution in [0.1, 0.15) is 0 Å². The second kappa shape index (κ2) is 2.77. The van der Waals surface area contributed by atoms with Gasteiger partial charge in [-0.1, -0.05) is 18.2 Å². The van der Waals surface area contributed by atoms with E-state index in [2.05, 4.69) is 10.3 Å². The van der Waals surface area contributed by atoms with E-state index in [0.717, 1.165) is 16.9 Å². The second-order valence-electron chi connectivity index (χ2n) is 2.54. The first-order valence-corrected chi connectivity index (χ1v) is 3.75. The molecule has 1 aromatic rings. The highest BCUT2D eigenvalue weighted by atomic mass is 16.1. The lowest BCUT2D eigenvalue weighted by Crippen LogP contribution is -2.38. The van der Waals surface area contributed by atoms with E-state index in [9.17, 15) is 4.79 Å². The minimum atomic E-state index is 0.491. The van der Waals surface area contributed by atoms with Crippen molar-refractivity contribution < 1.29 is 4.79 Å². The highest BCUT2D eigenvalue weighted by Gasteiger charge is 2.00. The topological polar surface area (TPSA) is 41.5 Å². The number of aldehydes is 1. The smallest absolute Gasteiger partial charge is 0.166 e. The second-order valence-corrected chi connectivity index (χ2v) is 2.54. The Hall–Kier alpha value is -1.64. The lowest BCUT2D eigenvalue weighted by atomic mass is 10.2. The lowest BCUT2D eigenvalue weighted by molar-refractivity contribution is -0.103. The van der Waals surface area contributed by atoms with Crippen LogP contribution in [0.5, 0.6) is 0 Å². The van der Waals surface area contributed by atoms with Crippen LogP contribution in [0.4, 0.5) is 0 Å². The number of nitrogens with zero attached hydrogens (tertiary/aromatic N) is 1. The molecule has 1 aromatic carbocycles. The van der Waals surface area contributed by atoms with Crippen molar-refractivity contribution in [1.29, 1.82) is 0 Å². The number of fused-ring (bicyclic) bond motifs is 1. The molecule has 0 unspecified atom stereocenters. The molecule has 1 aliphatic heterocycles. The summed E-state index contributed by atoms with van der Waals surface area (Å²) in [4.78, 5) is 14.8. The number of para-hydroxylation sites is 1. The fourth-order valence-corrected chi connectivity index (χ4v) is 1.25. The van der Waals surface area contributed by atoms with Crippen LogP contribution in [-0.2, 0) is 4.79 Å². The average Bonchev–Trinajstić information content (AvgIpc) is 2.17. The summed E-state index contributed by atoms with van der Waals surface area (Å²) in [5.74, 6) is 0. The summed E-state index contributed by atoms with van der Waals surface area (Å²) in [7, 11) is 0. The van der Waals surface area contributed by atoms with Crippen LogP contribution < -0.4 is 15.9 Å². The predicted molar refractivity (Wildman–Crippen MR) is 44.7 cm³/mol. The quantitative estimate of drug-likeness (QED) is 0.545. The molecule has 0 aliphatic carbocycles. The summed E-state index contributed by atoms with van der Waals surface area (Å²) in [6, 6.07) is 7.59. The minimum Gasteiger partial charge on any atom is -0.363 e. The molecule has 1 heterocycles. The Labute approximate surface area is 69.4 Å². The van der Waals surface area contributed by atoms with Crippen molar-refractivity contribution in [3.63, 3.8) is 0 Å². The molecule has 0 atom stereocenters. The van der Waals surface area contributed by atoms with E-state index in [4.69, 9.17) is 0 Å². The molecule has 0 saturated heterocycles. The van der Waals surface area contributed by atoms with Gasteiger partial charge in [0, 0.05) is 5.22 Å². The van der Waals surface area contributed by atoms with E-state index in [1.807, 2.05) is 24.3 Å². The fraction of sp³-hybridized carbons (Fsp3) is 0.111. The Morgan fingerprint density at radius 3 is 3.08 bits per heavy atom. The molecule has 0 aromatic heterocycles. The zero-order valence-electron chi connectivity index (χ0n) is 6.45. The summed E-state index contributed by atoms with van der Waals surface area (Å²) < 4.78 is 0. The van der Waals surface area contributed by atoms with E-state index >= 15 is 0 Å². The van der Waals surface area contributed by atoms with Crippen molar-refractivity contribution in [2.45, 2.75) is 0 Å². The van der Waals surface area contributed by atoms with Crippen molar-refractivity contribution in [3.8, 4) is 0 Å². The Morgan fingerprint density at radius 1 is 1.42 bits per heavy atom. The zero-order chi connectivity index (χ0) is 8.39. The Balaban J connectivity index is 2.87. The van der Waals surface area contributed by atoms with Crippen LogP contribution in [0.3, 0.4) is 0 Å². The molecule has 0 saturated carbocycles. The van der Waals surface area contributed by atoms with E-state index < -0.39 is 0 Å². The Morgan fingerprint density at radius 2 is 2.25 bits per heavy atom. The summed E-state index contributed by atoms with van der Waals surface area (Å²) in [6.45, 7) is 0.491. The van der Waals surface area contributed by atoms with Gasteiger partial charge < -0.3 is 5.32 Å². The number of hydrogen-bond donors (Lipinski definition) is 1. The maximum atomic E-state index is 10.6. The lowest BCUT2D eigenvalue weighted by Gasteiger charge is -2.06. The molecule has 60 valence electrons. The highest BCUT2D eigenvalue weighted by Crippen LogP contribution is 1.83. The van der Waals surface area contributed by atoms with Gasteiger partial charge >= 0.3 is 0 Å². The van der Waals surface area contributed by atoms with Gasteiger partial charge in [-0.15, -0.1) is 0 Å². The first-order valence-electron chi connectivity index (χ1n) is 3.75. The number of rotatable bonds is 1. The van der Waals surface area contributed by atoms with E-state index in [0.29, 0.717) is 12.4 Å². The molecule has 1 N–H and O–H groups in total. The van der Waals surface area contributed by atoms with Gasteiger partial charge in [-0.3, -0.25) is 9.79 Å². The molecule has 1 aliphatic rings. The summed E-state index contributed by atoms with van der Waals surface area (Å²) in [5, 5.41) is 4.68. The van der Waals surface area contributed by atoms with Crippen LogP contribution in [0, 0.1) is 0 Å². The number of carbonyl (C=O) groups excluding carboxylic acids is 1. The van der Waals surface area contributed by atoms with Crippen molar-refractivity contribution in [2.75, 3.05) is 6.67 Å². The highest BCUT2D eigenvalue weighted by molar-refractivity contribution is 5.97. The van der Waals surface area contributed by atoms with Crippen LogP contribution in [0.2, 0.25) is 0 Å². The fourth-order valence-electron chi connectivity index (χ4n) is 1.25. The van der Waals surface area contributed by atoms with Crippen LogP contribution in [-0.4, -0.2) is 13.0 Å². The molecule has 3 nitrogen and oxygen atoms in total. The normalized spacial score (nSPS) is 14.2. The molecule has 0 radical (unpaired) electrons. The van der Waals surface area contributed by atoms with Crippen molar-refractivity contribution >= 4 is 12.0 Å². The van der Waals surface area contributed by atoms with Crippen LogP contribution in [0.25, 0.3) is 5.70 Å². The Kier molecular flexibility index (Phi) is 1.63. The number of hydrogen-bond acceptors (Lipinski definition) is 3. The van der Waals surface area contributed by atoms with E-state index in [1.165, 1.54) is 0 Å². The van der Waals surface area contributed by atoms with Gasteiger partial charge in [-0.25, -0.2) is 0 Å². The maximum Gasteiger partial charge on any atom is 0.166 e. The first-order chi connectivity index (χ1) is 5.92. The van der Waals surface area contributed by atoms with Crippen molar-refractivity contribution in [1.82, 2.24) is 5.32 Å². The van der Waals surface area contributed by atoms with Gasteiger partial charge in [0.15, 0.2) is 6.29 Å². The molecular formula is C9H8N2O.